The molecule has 319 valence electrons. The summed E-state index contributed by atoms with van der Waals surface area (Å²) in [7, 11) is -13.5. The average molecular weight is 956 g/mol. The van der Waals surface area contributed by atoms with Crippen molar-refractivity contribution in [3.63, 3.8) is 0 Å². The maximum absolute atomic E-state index is 14.4. The van der Waals surface area contributed by atoms with Gasteiger partial charge in [-0.15, -0.1) is 0 Å². The van der Waals surface area contributed by atoms with Crippen LogP contribution in [0.2, 0.25) is 0 Å². The first-order valence-corrected chi connectivity index (χ1v) is 25.3. The molecule has 0 aliphatic carbocycles. The Morgan fingerprint density at radius 3 is 1.34 bits per heavy atom. The van der Waals surface area contributed by atoms with Crippen molar-refractivity contribution in [2.24, 2.45) is 0 Å². The van der Waals surface area contributed by atoms with E-state index in [4.69, 9.17) is 0 Å². The number of rotatable bonds is 21. The number of phenolic OH excluding ortho intramolecular Hbond substituents is 1. The number of nitrogens with one attached hydrogen (secondary N) is 6. The van der Waals surface area contributed by atoms with Crippen LogP contribution in [-0.4, -0.2) is 92.3 Å². The van der Waals surface area contributed by atoms with Crippen LogP contribution < -0.4 is 30.7 Å². The molecule has 4 aromatic carbocycles. The van der Waals surface area contributed by atoms with Crippen LogP contribution in [0.15, 0.2) is 75.4 Å². The summed E-state index contributed by atoms with van der Waals surface area (Å²) < 4.78 is 88.1. The van der Waals surface area contributed by atoms with Crippen LogP contribution in [0.1, 0.15) is 53.4 Å². The first-order chi connectivity index (χ1) is 27.5. The minimum absolute atomic E-state index is 0.00568. The van der Waals surface area contributed by atoms with Crippen LogP contribution >= 0.6 is 0 Å². The van der Waals surface area contributed by atoms with Crippen LogP contribution in [0.25, 0.3) is 32.3 Å². The Morgan fingerprint density at radius 1 is 0.610 bits per heavy atom. The fourth-order valence-corrected chi connectivity index (χ4v) is 11.0. The van der Waals surface area contributed by atoms with E-state index in [1.807, 2.05) is 0 Å². The number of phenols is 1. The number of amides is 4. The van der Waals surface area contributed by atoms with Gasteiger partial charge in [0, 0.05) is 37.3 Å². The van der Waals surface area contributed by atoms with Gasteiger partial charge in [0.15, 0.2) is 0 Å². The topological polar surface area (TPSA) is 263 Å². The van der Waals surface area contributed by atoms with Crippen molar-refractivity contribution < 1.29 is 68.1 Å². The summed E-state index contributed by atoms with van der Waals surface area (Å²) >= 11 is 0.840. The number of sulfonamides is 2. The second kappa shape index (κ2) is 19.3. The second-order valence-corrected chi connectivity index (χ2v) is 21.8. The minimum atomic E-state index is -4.77. The molecule has 7 N–H and O–H groups in total. The third-order valence-electron chi connectivity index (χ3n) is 9.31. The van der Waals surface area contributed by atoms with Gasteiger partial charge in [0.1, 0.15) is 0 Å². The first kappa shape index (κ1) is 47.2. The number of aromatic hydroxyl groups is 1. The second-order valence-electron chi connectivity index (χ2n) is 13.8. The van der Waals surface area contributed by atoms with Crippen molar-refractivity contribution in [1.29, 1.82) is 0 Å². The molecule has 0 spiro atoms. The number of hydrogen-bond donors (Lipinski definition) is 7. The average Bonchev–Trinajstić information content (AvgIpc) is 3.16. The van der Waals surface area contributed by atoms with Crippen molar-refractivity contribution in [2.75, 3.05) is 26.2 Å². The summed E-state index contributed by atoms with van der Waals surface area (Å²) in [5.41, 5.74) is 0.622. The maximum atomic E-state index is 14.4. The normalized spacial score (nSPS) is 13.2. The first-order valence-electron chi connectivity index (χ1n) is 18.5. The third-order valence-corrected chi connectivity index (χ3v) is 14.5. The van der Waals surface area contributed by atoms with E-state index in [1.54, 1.807) is 27.7 Å². The van der Waals surface area contributed by atoms with Crippen LogP contribution in [0.4, 0.5) is 0 Å². The zero-order valence-electron chi connectivity index (χ0n) is 32.9. The molecule has 59 heavy (non-hydrogen) atoms. The van der Waals surface area contributed by atoms with E-state index >= 15 is 0 Å². The summed E-state index contributed by atoms with van der Waals surface area (Å²) in [6, 6.07) is 4.75. The van der Waals surface area contributed by atoms with Crippen LogP contribution in [0, 0.1) is 0 Å². The Morgan fingerprint density at radius 2 is 0.966 bits per heavy atom. The molecule has 4 aromatic rings. The molecule has 0 saturated carbocycles. The van der Waals surface area contributed by atoms with Gasteiger partial charge < -0.3 is 10.6 Å². The summed E-state index contributed by atoms with van der Waals surface area (Å²) in [6.07, 6.45) is 0.610. The van der Waals surface area contributed by atoms with E-state index in [0.717, 1.165) is 30.7 Å². The fraction of sp³-hybridized carbons (Fsp3) is 0.368. The fourth-order valence-electron chi connectivity index (χ4n) is 6.23. The van der Waals surface area contributed by atoms with E-state index in [0.29, 0.717) is 24.0 Å². The van der Waals surface area contributed by atoms with Crippen molar-refractivity contribution in [3.8, 4) is 5.75 Å². The molecule has 0 fully saturated rings. The van der Waals surface area contributed by atoms with Crippen LogP contribution in [-0.2, 0) is 65.3 Å². The molecule has 2 atom stereocenters. The zero-order valence-corrected chi connectivity index (χ0v) is 37.3. The molecule has 0 radical (unpaired) electrons. The van der Waals surface area contributed by atoms with Gasteiger partial charge in [0.25, 0.3) is 0 Å². The molecular weight excluding hydrogens is 909 g/mol. The van der Waals surface area contributed by atoms with Crippen molar-refractivity contribution in [3.05, 3.63) is 60.7 Å². The predicted molar refractivity (Wildman–Crippen MR) is 219 cm³/mol. The van der Waals surface area contributed by atoms with Gasteiger partial charge in [-0.25, -0.2) is 0 Å². The Balaban J connectivity index is 1.79. The van der Waals surface area contributed by atoms with E-state index in [9.17, 15) is 49.5 Å². The van der Waals surface area contributed by atoms with Crippen LogP contribution in [0.3, 0.4) is 0 Å². The van der Waals surface area contributed by atoms with Crippen molar-refractivity contribution in [1.82, 2.24) is 30.7 Å². The molecule has 0 aliphatic heterocycles. The van der Waals surface area contributed by atoms with Gasteiger partial charge >= 0.3 is 246 Å². The van der Waals surface area contributed by atoms with Crippen molar-refractivity contribution in [2.45, 2.75) is 80.1 Å². The van der Waals surface area contributed by atoms with E-state index in [2.05, 4.69) is 43.9 Å². The standard InChI is InChI=1S/C38H47N6O11S3.Mo/c1-7-27(37(48)41-17-9-15-39-35(46)21(3)4)43-57(52,53)31-20-32(58(54,55)44-28(8-2)38(49)42-18-10-16-40-36(47)22(5)6)26-14-12-24-30(56(50)51)19-29(45)23-11-13-25(31)34(26)33(23)24;/h11-14,19-20,27-28,43-45H,3,5,7-10,15-18H2,1-2,4,6H3,(H,39,46)(H,40,47)(H,41,48)(H,42,49);. The number of carbonyl (C=O) groups excluding carboxylic acids is 4. The zero-order chi connectivity index (χ0) is 44.0. The molecular formula is C38H47MoN6O11S3. The van der Waals surface area contributed by atoms with E-state index in [1.165, 1.54) is 24.3 Å². The van der Waals surface area contributed by atoms with Gasteiger partial charge in [-0.2, -0.15) is 0 Å². The molecule has 21 heteroatoms. The molecule has 4 rings (SSSR count). The summed E-state index contributed by atoms with van der Waals surface area (Å²) in [5, 5.41) is 21.7. The van der Waals surface area contributed by atoms with Crippen molar-refractivity contribution >= 4 is 83.5 Å². The van der Waals surface area contributed by atoms with E-state index in [-0.39, 0.29) is 88.0 Å². The van der Waals surface area contributed by atoms with Crippen LogP contribution in [0.5, 0.6) is 5.75 Å². The predicted octanol–water partition coefficient (Wildman–Crippen LogP) is 2.04. The number of hydrogen-bond acceptors (Lipinski definition) is 11. The number of carbonyl (C=O) groups is 4. The summed E-state index contributed by atoms with van der Waals surface area (Å²) in [5.74, 6) is -2.53. The monoisotopic (exact) mass is 957 g/mol. The molecule has 0 saturated heterocycles. The Kier molecular flexibility index (Phi) is 15.4. The van der Waals surface area contributed by atoms with Gasteiger partial charge in [-0.05, 0) is 26.7 Å². The Hall–Kier alpha value is -4.46. The molecule has 4 amide bonds. The van der Waals surface area contributed by atoms with E-state index < -0.39 is 67.0 Å². The SMILES string of the molecule is C=C(C)C(=O)NCCCNC(=O)C(CC)NS(=O)(=O)c1cc(S(=O)(=O)NC(CC)C(=O)NCCCNC(=O)C(=C)C)c2ccc3c([S](=O)(=O)[Mo])cc(O)c4ccc1c2c43. The summed E-state index contributed by atoms with van der Waals surface area (Å²) in [6.45, 7) is 13.9. The molecule has 0 aromatic heterocycles. The Bertz CT molecular complexity index is 2560. The molecule has 0 bridgehead atoms. The van der Waals surface area contributed by atoms with Gasteiger partial charge in [-0.1, -0.05) is 13.2 Å². The molecule has 17 nitrogen and oxygen atoms in total. The van der Waals surface area contributed by atoms with Gasteiger partial charge in [0.2, 0.25) is 11.8 Å². The molecule has 0 aliphatic rings. The van der Waals surface area contributed by atoms with Gasteiger partial charge in [0.05, 0.1) is 0 Å². The third kappa shape index (κ3) is 11.0. The summed E-state index contributed by atoms with van der Waals surface area (Å²) in [4.78, 5) is 48.5. The molecule has 2 unspecified atom stereocenters. The Labute approximate surface area is 353 Å². The molecule has 0 heterocycles. The quantitative estimate of drug-likeness (QED) is 0.0275. The number of benzene rings is 4. The van der Waals surface area contributed by atoms with Gasteiger partial charge in [-0.3, -0.25) is 9.59 Å².